The smallest absolute Gasteiger partial charge is 0.289 e. The molecule has 0 spiro atoms. The predicted octanol–water partition coefficient (Wildman–Crippen LogP) is 4.06. The van der Waals surface area contributed by atoms with Gasteiger partial charge in [-0.05, 0) is 29.4 Å². The summed E-state index contributed by atoms with van der Waals surface area (Å²) in [7, 11) is 1.65. The van der Waals surface area contributed by atoms with Crippen LogP contribution in [0.3, 0.4) is 0 Å². The summed E-state index contributed by atoms with van der Waals surface area (Å²) in [5, 5.41) is 0. The van der Waals surface area contributed by atoms with Gasteiger partial charge < -0.3 is 13.7 Å². The van der Waals surface area contributed by atoms with Gasteiger partial charge in [-0.2, -0.15) is 0 Å². The van der Waals surface area contributed by atoms with E-state index in [9.17, 15) is 0 Å². The SMILES string of the molecule is CO[P@]1(=S)OC[C@@H](C(C)(C)C)CN1c1ccccc1. The molecule has 0 N–H and O–H groups in total. The summed E-state index contributed by atoms with van der Waals surface area (Å²) < 4.78 is 13.6. The lowest BCUT2D eigenvalue weighted by Gasteiger charge is -2.45. The van der Waals surface area contributed by atoms with Gasteiger partial charge in [-0.15, -0.1) is 0 Å². The Kier molecular flexibility index (Phi) is 4.36. The second kappa shape index (κ2) is 5.53. The zero-order valence-electron chi connectivity index (χ0n) is 12.0. The van der Waals surface area contributed by atoms with E-state index in [1.165, 1.54) is 0 Å². The molecule has 0 aliphatic carbocycles. The van der Waals surface area contributed by atoms with E-state index in [1.807, 2.05) is 18.2 Å². The van der Waals surface area contributed by atoms with Crippen molar-refractivity contribution in [1.82, 2.24) is 0 Å². The first kappa shape index (κ1) is 15.0. The first-order valence-electron chi connectivity index (χ1n) is 6.50. The molecule has 0 radical (unpaired) electrons. The summed E-state index contributed by atoms with van der Waals surface area (Å²) in [5.41, 5.74) is 1.28. The minimum Gasteiger partial charge on any atom is -0.317 e. The Bertz CT molecular complexity index is 472. The lowest BCUT2D eigenvalue weighted by molar-refractivity contribution is 0.129. The first-order valence-corrected chi connectivity index (χ1v) is 9.09. The number of nitrogens with zero attached hydrogens (tertiary/aromatic N) is 1. The van der Waals surface area contributed by atoms with Crippen LogP contribution in [0.1, 0.15) is 20.8 Å². The lowest BCUT2D eigenvalue weighted by Crippen LogP contribution is -2.41. The van der Waals surface area contributed by atoms with Crippen molar-refractivity contribution in [3.8, 4) is 0 Å². The van der Waals surface area contributed by atoms with E-state index in [0.717, 1.165) is 12.2 Å². The Morgan fingerprint density at radius 3 is 2.47 bits per heavy atom. The Labute approximate surface area is 121 Å². The third-order valence-corrected chi connectivity index (χ3v) is 6.91. The first-order chi connectivity index (χ1) is 8.87. The molecule has 1 aliphatic rings. The lowest BCUT2D eigenvalue weighted by atomic mass is 9.81. The van der Waals surface area contributed by atoms with Gasteiger partial charge in [0.05, 0.1) is 6.61 Å². The molecule has 0 bridgehead atoms. The van der Waals surface area contributed by atoms with Crippen LogP contribution in [0.4, 0.5) is 5.69 Å². The number of anilines is 1. The highest BCUT2D eigenvalue weighted by molar-refractivity contribution is 8.10. The van der Waals surface area contributed by atoms with Crippen LogP contribution in [0, 0.1) is 11.3 Å². The predicted molar refractivity (Wildman–Crippen MR) is 84.0 cm³/mol. The van der Waals surface area contributed by atoms with Gasteiger partial charge in [-0.3, -0.25) is 0 Å². The van der Waals surface area contributed by atoms with Crippen molar-refractivity contribution < 1.29 is 9.05 Å². The molecule has 0 amide bonds. The highest BCUT2D eigenvalue weighted by Crippen LogP contribution is 2.57. The molecule has 1 aromatic carbocycles. The molecule has 0 aromatic heterocycles. The maximum atomic E-state index is 5.95. The van der Waals surface area contributed by atoms with Crippen LogP contribution in [0.5, 0.6) is 0 Å². The van der Waals surface area contributed by atoms with Crippen molar-refractivity contribution in [1.29, 1.82) is 0 Å². The van der Waals surface area contributed by atoms with E-state index in [-0.39, 0.29) is 5.41 Å². The highest BCUT2D eigenvalue weighted by atomic mass is 32.5. The van der Waals surface area contributed by atoms with Crippen molar-refractivity contribution in [3.63, 3.8) is 0 Å². The Morgan fingerprint density at radius 2 is 1.95 bits per heavy atom. The van der Waals surface area contributed by atoms with Crippen LogP contribution in [0.25, 0.3) is 0 Å². The molecule has 2 rings (SSSR count). The monoisotopic (exact) mass is 299 g/mol. The molecule has 106 valence electrons. The fraction of sp³-hybridized carbons (Fsp3) is 0.571. The van der Waals surface area contributed by atoms with Crippen LogP contribution in [0.2, 0.25) is 0 Å². The third kappa shape index (κ3) is 3.19. The number of hydrogen-bond donors (Lipinski definition) is 0. The zero-order valence-corrected chi connectivity index (χ0v) is 13.7. The fourth-order valence-corrected chi connectivity index (χ4v) is 4.43. The van der Waals surface area contributed by atoms with Crippen molar-refractivity contribution in [3.05, 3.63) is 30.3 Å². The van der Waals surface area contributed by atoms with Gasteiger partial charge in [0.15, 0.2) is 0 Å². The summed E-state index contributed by atoms with van der Waals surface area (Å²) in [6.07, 6.45) is 0. The Balaban J connectivity index is 2.32. The number of benzene rings is 1. The van der Waals surface area contributed by atoms with Crippen LogP contribution < -0.4 is 4.67 Å². The molecule has 1 saturated heterocycles. The minimum absolute atomic E-state index is 0.196. The van der Waals surface area contributed by atoms with Crippen molar-refractivity contribution in [2.24, 2.45) is 11.3 Å². The third-order valence-electron chi connectivity index (χ3n) is 3.64. The zero-order chi connectivity index (χ0) is 14.1. The van der Waals surface area contributed by atoms with Gasteiger partial charge >= 0.3 is 0 Å². The van der Waals surface area contributed by atoms with Gasteiger partial charge in [0, 0.05) is 25.3 Å². The largest absolute Gasteiger partial charge is 0.317 e. The highest BCUT2D eigenvalue weighted by Gasteiger charge is 2.39. The van der Waals surface area contributed by atoms with E-state index < -0.39 is 6.64 Å². The molecule has 5 heteroatoms. The molecular formula is C14H22NO2PS. The number of para-hydroxylation sites is 1. The molecule has 19 heavy (non-hydrogen) atoms. The molecule has 1 fully saturated rings. The average Bonchev–Trinajstić information content (AvgIpc) is 2.39. The molecular weight excluding hydrogens is 277 g/mol. The summed E-state index contributed by atoms with van der Waals surface area (Å²) in [6, 6.07) is 10.2. The molecule has 3 nitrogen and oxygen atoms in total. The molecule has 1 aliphatic heterocycles. The second-order valence-electron chi connectivity index (χ2n) is 5.93. The number of hydrogen-bond acceptors (Lipinski definition) is 3. The van der Waals surface area contributed by atoms with Gasteiger partial charge in [0.1, 0.15) is 0 Å². The maximum absolute atomic E-state index is 5.95. The van der Waals surface area contributed by atoms with Crippen LogP contribution in [0.15, 0.2) is 30.3 Å². The molecule has 0 saturated carbocycles. The summed E-state index contributed by atoms with van der Waals surface area (Å²) in [5.74, 6) is 0.443. The van der Waals surface area contributed by atoms with E-state index in [1.54, 1.807) is 7.11 Å². The van der Waals surface area contributed by atoms with Crippen molar-refractivity contribution in [2.45, 2.75) is 20.8 Å². The van der Waals surface area contributed by atoms with Crippen molar-refractivity contribution in [2.75, 3.05) is 24.9 Å². The average molecular weight is 299 g/mol. The van der Waals surface area contributed by atoms with Gasteiger partial charge in [0.2, 0.25) is 0 Å². The summed E-state index contributed by atoms with van der Waals surface area (Å²) in [4.78, 5) is 0. The number of rotatable bonds is 2. The molecule has 2 atom stereocenters. The van der Waals surface area contributed by atoms with E-state index in [4.69, 9.17) is 20.9 Å². The normalized spacial score (nSPS) is 28.4. The quantitative estimate of drug-likeness (QED) is 0.768. The summed E-state index contributed by atoms with van der Waals surface area (Å²) in [6.45, 7) is 5.93. The van der Waals surface area contributed by atoms with Crippen LogP contribution in [-0.4, -0.2) is 20.3 Å². The minimum atomic E-state index is -2.37. The molecule has 1 aromatic rings. The standard InChI is InChI=1S/C14H22NO2PS/c1-14(2,3)12-10-15(13-8-6-5-7-9-13)18(19,16-4)17-11-12/h5-9,12H,10-11H2,1-4H3/t12-,18-/m0/s1. The van der Waals surface area contributed by atoms with Crippen molar-refractivity contribution >= 4 is 24.1 Å². The Morgan fingerprint density at radius 1 is 1.32 bits per heavy atom. The van der Waals surface area contributed by atoms with Gasteiger partial charge in [0.25, 0.3) is 6.64 Å². The molecule has 0 unspecified atom stereocenters. The summed E-state index contributed by atoms with van der Waals surface area (Å²) >= 11 is 5.63. The second-order valence-corrected chi connectivity index (χ2v) is 9.36. The van der Waals surface area contributed by atoms with E-state index >= 15 is 0 Å². The maximum Gasteiger partial charge on any atom is 0.289 e. The topological polar surface area (TPSA) is 21.7 Å². The van der Waals surface area contributed by atoms with E-state index in [0.29, 0.717) is 12.5 Å². The van der Waals surface area contributed by atoms with Gasteiger partial charge in [-0.1, -0.05) is 39.0 Å². The van der Waals surface area contributed by atoms with E-state index in [2.05, 4.69) is 37.6 Å². The molecule has 1 heterocycles. The van der Waals surface area contributed by atoms with Gasteiger partial charge in [-0.25, -0.2) is 0 Å². The fourth-order valence-electron chi connectivity index (χ4n) is 2.14. The van der Waals surface area contributed by atoms with Crippen LogP contribution in [-0.2, 0) is 20.9 Å². The van der Waals surface area contributed by atoms with Crippen LogP contribution >= 0.6 is 6.64 Å². The Hall–Kier alpha value is -0.410.